The molecule has 0 radical (unpaired) electrons. The Bertz CT molecular complexity index is 438. The van der Waals surface area contributed by atoms with E-state index in [0.29, 0.717) is 24.5 Å². The third kappa shape index (κ3) is 3.54. The summed E-state index contributed by atoms with van der Waals surface area (Å²) >= 11 is 0. The minimum atomic E-state index is -0.507. The first kappa shape index (κ1) is 15.2. The molecule has 0 atom stereocenters. The summed E-state index contributed by atoms with van der Waals surface area (Å²) in [6.07, 6.45) is 1.39. The summed E-state index contributed by atoms with van der Waals surface area (Å²) in [4.78, 5) is 14.6. The van der Waals surface area contributed by atoms with E-state index in [-0.39, 0.29) is 12.3 Å². The Labute approximate surface area is 112 Å². The van der Waals surface area contributed by atoms with Gasteiger partial charge in [-0.3, -0.25) is 10.1 Å². The fraction of sp³-hybridized carbons (Fsp3) is 0.583. The van der Waals surface area contributed by atoms with E-state index < -0.39 is 10.5 Å². The van der Waals surface area contributed by atoms with Crippen molar-refractivity contribution in [3.8, 4) is 0 Å². The van der Waals surface area contributed by atoms with Crippen LogP contribution in [0.25, 0.3) is 0 Å². The average Bonchev–Trinajstić information content (AvgIpc) is 2.44. The van der Waals surface area contributed by atoms with Crippen LogP contribution in [0.3, 0.4) is 0 Å². The number of aromatic nitrogens is 1. The van der Waals surface area contributed by atoms with Crippen LogP contribution in [0.5, 0.6) is 0 Å². The van der Waals surface area contributed by atoms with Crippen LogP contribution in [0.15, 0.2) is 12.1 Å². The van der Waals surface area contributed by atoms with Crippen LogP contribution < -0.4 is 10.6 Å². The van der Waals surface area contributed by atoms with Gasteiger partial charge in [0.25, 0.3) is 5.69 Å². The molecule has 19 heavy (non-hydrogen) atoms. The highest BCUT2D eigenvalue weighted by molar-refractivity contribution is 5.55. The number of hydrogen-bond donors (Lipinski definition) is 3. The molecule has 0 aromatic carbocycles. The monoisotopic (exact) mass is 268 g/mol. The zero-order chi connectivity index (χ0) is 14.5. The van der Waals surface area contributed by atoms with E-state index >= 15 is 0 Å². The predicted molar refractivity (Wildman–Crippen MR) is 74.5 cm³/mol. The Morgan fingerprint density at radius 3 is 2.37 bits per heavy atom. The SMILES string of the molecule is CCC(CC)(CO)Nc1cc([N+](=O)[O-])cc(NC)n1. The number of nitrogens with zero attached hydrogens (tertiary/aromatic N) is 2. The summed E-state index contributed by atoms with van der Waals surface area (Å²) < 4.78 is 0. The van der Waals surface area contributed by atoms with Gasteiger partial charge in [0.1, 0.15) is 11.6 Å². The van der Waals surface area contributed by atoms with Crippen molar-refractivity contribution < 1.29 is 10.0 Å². The molecule has 1 heterocycles. The Morgan fingerprint density at radius 2 is 1.95 bits per heavy atom. The molecule has 106 valence electrons. The molecule has 0 amide bonds. The first-order valence-electron chi connectivity index (χ1n) is 6.23. The van der Waals surface area contributed by atoms with Crippen molar-refractivity contribution in [3.63, 3.8) is 0 Å². The largest absolute Gasteiger partial charge is 0.394 e. The first-order valence-corrected chi connectivity index (χ1v) is 6.23. The van der Waals surface area contributed by atoms with Gasteiger partial charge in [0.2, 0.25) is 0 Å². The van der Waals surface area contributed by atoms with Crippen molar-refractivity contribution in [1.29, 1.82) is 0 Å². The lowest BCUT2D eigenvalue weighted by Crippen LogP contribution is -2.41. The molecule has 0 spiro atoms. The number of rotatable bonds is 7. The van der Waals surface area contributed by atoms with Gasteiger partial charge in [-0.15, -0.1) is 0 Å². The summed E-state index contributed by atoms with van der Waals surface area (Å²) in [7, 11) is 1.65. The number of aliphatic hydroxyl groups excluding tert-OH is 1. The highest BCUT2D eigenvalue weighted by Crippen LogP contribution is 2.25. The highest BCUT2D eigenvalue weighted by Gasteiger charge is 2.26. The number of aliphatic hydroxyl groups is 1. The predicted octanol–water partition coefficient (Wildman–Crippen LogP) is 1.99. The topological polar surface area (TPSA) is 100 Å². The van der Waals surface area contributed by atoms with Crippen molar-refractivity contribution in [2.75, 3.05) is 24.3 Å². The van der Waals surface area contributed by atoms with Crippen molar-refractivity contribution in [2.45, 2.75) is 32.2 Å². The standard InChI is InChI=1S/C12H20N4O3/c1-4-12(5-2,8-17)15-11-7-9(16(18)19)6-10(13-3)14-11/h6-7,17H,4-5,8H2,1-3H3,(H2,13,14,15). The minimum Gasteiger partial charge on any atom is -0.394 e. The maximum absolute atomic E-state index is 10.9. The molecule has 0 fully saturated rings. The molecule has 1 rings (SSSR count). The van der Waals surface area contributed by atoms with Crippen LogP contribution in [0, 0.1) is 10.1 Å². The molecule has 3 N–H and O–H groups in total. The lowest BCUT2D eigenvalue weighted by molar-refractivity contribution is -0.384. The molecule has 7 heteroatoms. The van der Waals surface area contributed by atoms with Crippen molar-refractivity contribution in [1.82, 2.24) is 4.98 Å². The van der Waals surface area contributed by atoms with Gasteiger partial charge in [0.15, 0.2) is 0 Å². The lowest BCUT2D eigenvalue weighted by atomic mass is 9.94. The van der Waals surface area contributed by atoms with E-state index in [1.807, 2.05) is 13.8 Å². The van der Waals surface area contributed by atoms with E-state index in [1.165, 1.54) is 12.1 Å². The molecule has 0 aliphatic heterocycles. The highest BCUT2D eigenvalue weighted by atomic mass is 16.6. The Balaban J connectivity index is 3.12. The lowest BCUT2D eigenvalue weighted by Gasteiger charge is -2.31. The zero-order valence-corrected chi connectivity index (χ0v) is 11.4. The molecule has 0 aliphatic rings. The van der Waals surface area contributed by atoms with Crippen LogP contribution in [-0.2, 0) is 0 Å². The second kappa shape index (κ2) is 6.33. The fourth-order valence-electron chi connectivity index (χ4n) is 1.78. The van der Waals surface area contributed by atoms with E-state index in [0.717, 1.165) is 0 Å². The second-order valence-corrected chi connectivity index (χ2v) is 4.37. The van der Waals surface area contributed by atoms with Crippen LogP contribution in [0.1, 0.15) is 26.7 Å². The van der Waals surface area contributed by atoms with Crippen molar-refractivity contribution in [2.24, 2.45) is 0 Å². The van der Waals surface area contributed by atoms with Gasteiger partial charge in [-0.2, -0.15) is 0 Å². The Kier molecular flexibility index (Phi) is 5.05. The van der Waals surface area contributed by atoms with Crippen LogP contribution in [0.2, 0.25) is 0 Å². The summed E-state index contributed by atoms with van der Waals surface area (Å²) in [6, 6.07) is 2.74. The van der Waals surface area contributed by atoms with E-state index in [9.17, 15) is 15.2 Å². The maximum Gasteiger partial charge on any atom is 0.276 e. The van der Waals surface area contributed by atoms with E-state index in [2.05, 4.69) is 15.6 Å². The third-order valence-electron chi connectivity index (χ3n) is 3.33. The Hall–Kier alpha value is -1.89. The molecule has 0 unspecified atom stereocenters. The van der Waals surface area contributed by atoms with Gasteiger partial charge in [-0.25, -0.2) is 4.98 Å². The molecule has 0 bridgehead atoms. The Morgan fingerprint density at radius 1 is 1.37 bits per heavy atom. The summed E-state index contributed by atoms with van der Waals surface area (Å²) in [5, 5.41) is 26.3. The second-order valence-electron chi connectivity index (χ2n) is 4.37. The van der Waals surface area contributed by atoms with Crippen LogP contribution in [0.4, 0.5) is 17.3 Å². The van der Waals surface area contributed by atoms with Gasteiger partial charge in [0, 0.05) is 7.05 Å². The van der Waals surface area contributed by atoms with Gasteiger partial charge in [-0.1, -0.05) is 13.8 Å². The molecule has 0 saturated carbocycles. The molecular weight excluding hydrogens is 248 g/mol. The smallest absolute Gasteiger partial charge is 0.276 e. The van der Waals surface area contributed by atoms with E-state index in [1.54, 1.807) is 7.05 Å². The van der Waals surface area contributed by atoms with E-state index in [4.69, 9.17) is 0 Å². The quantitative estimate of drug-likeness (QED) is 0.516. The summed E-state index contributed by atoms with van der Waals surface area (Å²) in [6.45, 7) is 3.84. The minimum absolute atomic E-state index is 0.0408. The summed E-state index contributed by atoms with van der Waals surface area (Å²) in [5.74, 6) is 0.798. The van der Waals surface area contributed by atoms with Gasteiger partial charge < -0.3 is 15.7 Å². The van der Waals surface area contributed by atoms with Gasteiger partial charge >= 0.3 is 0 Å². The fourth-order valence-corrected chi connectivity index (χ4v) is 1.78. The van der Waals surface area contributed by atoms with Crippen molar-refractivity contribution >= 4 is 17.3 Å². The number of nitro groups is 1. The zero-order valence-electron chi connectivity index (χ0n) is 11.4. The number of pyridine rings is 1. The number of nitrogens with one attached hydrogen (secondary N) is 2. The number of anilines is 2. The normalized spacial score (nSPS) is 11.2. The van der Waals surface area contributed by atoms with Crippen molar-refractivity contribution in [3.05, 3.63) is 22.2 Å². The van der Waals surface area contributed by atoms with Gasteiger partial charge in [0.05, 0.1) is 29.2 Å². The summed E-state index contributed by atoms with van der Waals surface area (Å²) in [5.41, 5.74) is -0.548. The molecule has 0 aliphatic carbocycles. The molecule has 7 nitrogen and oxygen atoms in total. The molecule has 0 saturated heterocycles. The first-order chi connectivity index (χ1) is 9.00. The molecular formula is C12H20N4O3. The average molecular weight is 268 g/mol. The molecule has 1 aromatic heterocycles. The van der Waals surface area contributed by atoms with Gasteiger partial charge in [-0.05, 0) is 12.8 Å². The van der Waals surface area contributed by atoms with Crippen LogP contribution in [-0.4, -0.2) is 34.2 Å². The maximum atomic E-state index is 10.9. The number of hydrogen-bond acceptors (Lipinski definition) is 6. The molecule has 1 aromatic rings. The third-order valence-corrected chi connectivity index (χ3v) is 3.33. The van der Waals surface area contributed by atoms with Crippen LogP contribution >= 0.6 is 0 Å².